The number of aliphatic hydroxyl groups is 3. The maximum Gasteiger partial charge on any atom is 0.248 e. The van der Waals surface area contributed by atoms with Crippen LogP contribution in [0.2, 0.25) is 0 Å². The second kappa shape index (κ2) is 4.20. The van der Waals surface area contributed by atoms with E-state index in [1.165, 1.54) is 6.92 Å². The summed E-state index contributed by atoms with van der Waals surface area (Å²) in [4.78, 5) is 10.9. The molecule has 0 unspecified atom stereocenters. The number of carbonyl (C=O) groups is 1. The molecule has 0 heterocycles. The van der Waals surface area contributed by atoms with E-state index in [2.05, 4.69) is 6.58 Å². The van der Waals surface area contributed by atoms with Crippen molar-refractivity contribution in [2.45, 2.75) is 12.6 Å². The number of hydrogen-bond acceptors (Lipinski definition) is 4. The Morgan fingerprint density at radius 3 is 2.17 bits per heavy atom. The third-order valence-corrected chi connectivity index (χ3v) is 1.26. The fraction of sp³-hybridized carbons (Fsp3) is 0.571. The van der Waals surface area contributed by atoms with E-state index in [4.69, 9.17) is 10.2 Å². The van der Waals surface area contributed by atoms with Gasteiger partial charge in [0.2, 0.25) is 5.91 Å². The van der Waals surface area contributed by atoms with Gasteiger partial charge in [-0.15, -0.1) is 0 Å². The minimum Gasteiger partial charge on any atom is -0.391 e. The van der Waals surface area contributed by atoms with Gasteiger partial charge in [-0.2, -0.15) is 0 Å². The molecule has 0 spiro atoms. The summed E-state index contributed by atoms with van der Waals surface area (Å²) >= 11 is 0. The number of amides is 1. The highest BCUT2D eigenvalue weighted by Gasteiger charge is 2.26. The van der Waals surface area contributed by atoms with Crippen molar-refractivity contribution >= 4 is 5.91 Å². The van der Waals surface area contributed by atoms with Crippen LogP contribution >= 0.6 is 0 Å². The zero-order valence-corrected chi connectivity index (χ0v) is 6.87. The van der Waals surface area contributed by atoms with Crippen molar-refractivity contribution in [2.75, 3.05) is 13.2 Å². The Balaban J connectivity index is 4.21. The third-order valence-electron chi connectivity index (χ3n) is 1.26. The molecule has 0 aliphatic heterocycles. The SMILES string of the molecule is C=C(C)C(=O)NC(O)(CO)CO. The molecular weight excluding hydrogens is 162 g/mol. The quantitative estimate of drug-likeness (QED) is 0.304. The molecule has 5 nitrogen and oxygen atoms in total. The summed E-state index contributed by atoms with van der Waals surface area (Å²) in [5.41, 5.74) is -1.77. The van der Waals surface area contributed by atoms with Crippen molar-refractivity contribution in [3.63, 3.8) is 0 Å². The Morgan fingerprint density at radius 1 is 1.50 bits per heavy atom. The minimum atomic E-state index is -1.96. The van der Waals surface area contributed by atoms with E-state index in [0.717, 1.165) is 0 Å². The maximum atomic E-state index is 10.9. The van der Waals surface area contributed by atoms with Gasteiger partial charge < -0.3 is 20.6 Å². The largest absolute Gasteiger partial charge is 0.391 e. The predicted octanol–water partition coefficient (Wildman–Crippen LogP) is -1.65. The fourth-order valence-electron chi connectivity index (χ4n) is 0.447. The maximum absolute atomic E-state index is 10.9. The van der Waals surface area contributed by atoms with Crippen LogP contribution in [-0.4, -0.2) is 40.2 Å². The van der Waals surface area contributed by atoms with Crippen molar-refractivity contribution in [2.24, 2.45) is 0 Å². The first kappa shape index (κ1) is 11.1. The van der Waals surface area contributed by atoms with E-state index < -0.39 is 24.8 Å². The third kappa shape index (κ3) is 3.00. The summed E-state index contributed by atoms with van der Waals surface area (Å²) in [7, 11) is 0. The standard InChI is InChI=1S/C7H13NO4/c1-5(2)6(11)8-7(12,3-9)4-10/h9-10,12H,1,3-4H2,2H3,(H,8,11). The number of hydrogen-bond donors (Lipinski definition) is 4. The predicted molar refractivity (Wildman–Crippen MR) is 42.1 cm³/mol. The summed E-state index contributed by atoms with van der Waals surface area (Å²) in [6.45, 7) is 3.28. The molecule has 70 valence electrons. The summed E-state index contributed by atoms with van der Waals surface area (Å²) in [5, 5.41) is 28.3. The molecule has 0 aromatic heterocycles. The molecule has 0 bridgehead atoms. The van der Waals surface area contributed by atoms with Crippen LogP contribution in [0.1, 0.15) is 6.92 Å². The van der Waals surface area contributed by atoms with Crippen molar-refractivity contribution in [1.29, 1.82) is 0 Å². The molecule has 0 aliphatic carbocycles. The van der Waals surface area contributed by atoms with Gasteiger partial charge in [-0.25, -0.2) is 0 Å². The Morgan fingerprint density at radius 2 is 1.92 bits per heavy atom. The van der Waals surface area contributed by atoms with E-state index >= 15 is 0 Å². The first-order valence-electron chi connectivity index (χ1n) is 3.37. The van der Waals surface area contributed by atoms with Gasteiger partial charge in [0.15, 0.2) is 5.72 Å². The Labute approximate surface area is 70.3 Å². The van der Waals surface area contributed by atoms with Gasteiger partial charge in [0.25, 0.3) is 0 Å². The first-order valence-corrected chi connectivity index (χ1v) is 3.37. The van der Waals surface area contributed by atoms with Crippen molar-refractivity contribution in [3.8, 4) is 0 Å². The van der Waals surface area contributed by atoms with Crippen LogP contribution in [0.5, 0.6) is 0 Å². The summed E-state index contributed by atoms with van der Waals surface area (Å²) < 4.78 is 0. The van der Waals surface area contributed by atoms with Crippen molar-refractivity contribution < 1.29 is 20.1 Å². The van der Waals surface area contributed by atoms with Crippen LogP contribution in [0.25, 0.3) is 0 Å². The molecule has 0 aromatic rings. The summed E-state index contributed by atoms with van der Waals surface area (Å²) in [6.07, 6.45) is 0. The van der Waals surface area contributed by atoms with Gasteiger partial charge in [-0.05, 0) is 6.92 Å². The zero-order chi connectivity index (χ0) is 9.78. The molecule has 0 radical (unpaired) electrons. The van der Waals surface area contributed by atoms with Gasteiger partial charge in [-0.3, -0.25) is 4.79 Å². The van der Waals surface area contributed by atoms with Crippen LogP contribution in [0.4, 0.5) is 0 Å². The molecular formula is C7H13NO4. The number of aliphatic hydroxyl groups excluding tert-OH is 2. The number of nitrogens with one attached hydrogen (secondary N) is 1. The molecule has 0 saturated carbocycles. The Kier molecular flexibility index (Phi) is 3.88. The van der Waals surface area contributed by atoms with E-state index in [1.807, 2.05) is 5.32 Å². The van der Waals surface area contributed by atoms with E-state index in [0.29, 0.717) is 0 Å². The van der Waals surface area contributed by atoms with Gasteiger partial charge in [-0.1, -0.05) is 6.58 Å². The zero-order valence-electron chi connectivity index (χ0n) is 6.87. The van der Waals surface area contributed by atoms with Crippen LogP contribution in [0.3, 0.4) is 0 Å². The molecule has 0 aromatic carbocycles. The minimum absolute atomic E-state index is 0.190. The summed E-state index contributed by atoms with van der Waals surface area (Å²) in [5.74, 6) is -0.611. The molecule has 0 fully saturated rings. The lowest BCUT2D eigenvalue weighted by molar-refractivity contribution is -0.133. The molecule has 4 N–H and O–H groups in total. The average Bonchev–Trinajstić information content (AvgIpc) is 2.04. The normalized spacial score (nSPS) is 11.0. The van der Waals surface area contributed by atoms with E-state index in [9.17, 15) is 9.90 Å². The van der Waals surface area contributed by atoms with Gasteiger partial charge in [0, 0.05) is 5.57 Å². The lowest BCUT2D eigenvalue weighted by Gasteiger charge is -2.24. The van der Waals surface area contributed by atoms with Crippen LogP contribution < -0.4 is 5.32 Å². The lowest BCUT2D eigenvalue weighted by atomic mass is 10.2. The van der Waals surface area contributed by atoms with Gasteiger partial charge >= 0.3 is 0 Å². The van der Waals surface area contributed by atoms with Crippen molar-refractivity contribution in [3.05, 3.63) is 12.2 Å². The highest BCUT2D eigenvalue weighted by Crippen LogP contribution is 1.98. The number of rotatable bonds is 4. The van der Waals surface area contributed by atoms with Gasteiger partial charge in [0.1, 0.15) is 0 Å². The molecule has 0 saturated heterocycles. The van der Waals surface area contributed by atoms with Crippen molar-refractivity contribution in [1.82, 2.24) is 5.32 Å². The molecule has 1 amide bonds. The number of carbonyl (C=O) groups excluding carboxylic acids is 1. The molecule has 12 heavy (non-hydrogen) atoms. The topological polar surface area (TPSA) is 89.8 Å². The van der Waals surface area contributed by atoms with Crippen LogP contribution in [-0.2, 0) is 4.79 Å². The van der Waals surface area contributed by atoms with E-state index in [-0.39, 0.29) is 5.57 Å². The highest BCUT2D eigenvalue weighted by molar-refractivity contribution is 5.92. The fourth-order valence-corrected chi connectivity index (χ4v) is 0.447. The highest BCUT2D eigenvalue weighted by atomic mass is 16.4. The van der Waals surface area contributed by atoms with Crippen LogP contribution in [0, 0.1) is 0 Å². The Hall–Kier alpha value is -0.910. The van der Waals surface area contributed by atoms with Gasteiger partial charge in [0.05, 0.1) is 13.2 Å². The lowest BCUT2D eigenvalue weighted by Crippen LogP contribution is -2.54. The second-order valence-electron chi connectivity index (χ2n) is 2.58. The molecule has 0 aliphatic rings. The van der Waals surface area contributed by atoms with E-state index in [1.54, 1.807) is 0 Å². The molecule has 0 atom stereocenters. The first-order chi connectivity index (χ1) is 5.45. The average molecular weight is 175 g/mol. The Bertz CT molecular complexity index is 186. The molecule has 0 rings (SSSR count). The smallest absolute Gasteiger partial charge is 0.248 e. The second-order valence-corrected chi connectivity index (χ2v) is 2.58. The summed E-state index contributed by atoms with van der Waals surface area (Å²) in [6, 6.07) is 0. The van der Waals surface area contributed by atoms with Crippen LogP contribution in [0.15, 0.2) is 12.2 Å². The molecule has 5 heteroatoms. The monoisotopic (exact) mass is 175 g/mol.